The Balaban J connectivity index is 2.21. The third-order valence-electron chi connectivity index (χ3n) is 3.57. The van der Waals surface area contributed by atoms with Gasteiger partial charge in [-0.1, -0.05) is 28.1 Å². The van der Waals surface area contributed by atoms with Crippen LogP contribution >= 0.6 is 15.9 Å². The molecule has 1 aromatic rings. The molecule has 0 radical (unpaired) electrons. The lowest BCUT2D eigenvalue weighted by Gasteiger charge is -2.22. The average molecular weight is 328 g/mol. The zero-order chi connectivity index (χ0) is 13.7. The van der Waals surface area contributed by atoms with E-state index in [4.69, 9.17) is 4.74 Å². The summed E-state index contributed by atoms with van der Waals surface area (Å²) in [6, 6.07) is 8.23. The topological polar surface area (TPSA) is 39.1 Å². The highest BCUT2D eigenvalue weighted by Crippen LogP contribution is 2.33. The molecule has 0 saturated carbocycles. The molecule has 1 aromatic carbocycles. The van der Waals surface area contributed by atoms with Gasteiger partial charge in [0.2, 0.25) is 0 Å². The Kier molecular flexibility index (Phi) is 5.40. The lowest BCUT2D eigenvalue weighted by molar-refractivity contribution is -0.149. The predicted octanol–water partition coefficient (Wildman–Crippen LogP) is 3.03. The second-order valence-electron chi connectivity index (χ2n) is 4.76. The molecule has 1 aliphatic heterocycles. The summed E-state index contributed by atoms with van der Waals surface area (Å²) in [6.07, 6.45) is 1.71. The minimum absolute atomic E-state index is 0.0626. The van der Waals surface area contributed by atoms with Crippen LogP contribution < -0.4 is 0 Å². The van der Waals surface area contributed by atoms with Crippen molar-refractivity contribution >= 4 is 21.9 Å². The zero-order valence-corrected chi connectivity index (χ0v) is 12.7. The van der Waals surface area contributed by atoms with Crippen molar-refractivity contribution in [3.8, 4) is 0 Å². The number of carbonyl (C=O) groups excluding carboxylic acids is 1. The Morgan fingerprint density at radius 1 is 1.32 bits per heavy atom. The van der Waals surface area contributed by atoms with Gasteiger partial charge < -0.3 is 9.47 Å². The molecule has 104 valence electrons. The van der Waals surface area contributed by atoms with E-state index in [1.165, 1.54) is 5.56 Å². The summed E-state index contributed by atoms with van der Waals surface area (Å²) in [5.74, 6) is 0.0818. The molecule has 1 fully saturated rings. The predicted molar refractivity (Wildman–Crippen MR) is 78.2 cm³/mol. The highest BCUT2D eigenvalue weighted by atomic mass is 79.9. The lowest BCUT2D eigenvalue weighted by Crippen LogP contribution is -2.24. The molecule has 0 spiro atoms. The summed E-state index contributed by atoms with van der Waals surface area (Å²) < 4.78 is 10.7. The SMILES string of the molecule is CCOC(=O)C1CC[OH+]CCC1c1ccc(Br)cc1. The fraction of sp³-hybridized carbons (Fsp3) is 0.533. The van der Waals surface area contributed by atoms with Gasteiger partial charge >= 0.3 is 5.97 Å². The summed E-state index contributed by atoms with van der Waals surface area (Å²) >= 11 is 3.44. The van der Waals surface area contributed by atoms with Crippen LogP contribution in [0.15, 0.2) is 28.7 Å². The van der Waals surface area contributed by atoms with Gasteiger partial charge in [-0.05, 0) is 24.6 Å². The second kappa shape index (κ2) is 7.06. The van der Waals surface area contributed by atoms with E-state index in [1.54, 1.807) is 0 Å². The van der Waals surface area contributed by atoms with Crippen LogP contribution in [-0.4, -0.2) is 30.5 Å². The van der Waals surface area contributed by atoms with Crippen LogP contribution in [0.3, 0.4) is 0 Å². The number of hydrogen-bond donors (Lipinski definition) is 0. The van der Waals surface area contributed by atoms with E-state index in [-0.39, 0.29) is 17.8 Å². The van der Waals surface area contributed by atoms with Crippen molar-refractivity contribution in [3.05, 3.63) is 34.3 Å². The molecule has 0 aromatic heterocycles. The minimum atomic E-state index is -0.0764. The number of rotatable bonds is 3. The summed E-state index contributed by atoms with van der Waals surface area (Å²) in [4.78, 5) is 12.1. The number of aliphatic hydroxyl groups is 2. The highest BCUT2D eigenvalue weighted by Gasteiger charge is 2.33. The maximum absolute atomic E-state index is 12.1. The molecule has 3 nitrogen and oxygen atoms in total. The molecule has 2 unspecified atom stereocenters. The van der Waals surface area contributed by atoms with Crippen LogP contribution in [0.1, 0.15) is 31.2 Å². The van der Waals surface area contributed by atoms with Gasteiger partial charge in [0.25, 0.3) is 0 Å². The molecule has 4 heteroatoms. The van der Waals surface area contributed by atoms with E-state index >= 15 is 0 Å². The summed E-state index contributed by atoms with van der Waals surface area (Å²) in [5, 5.41) is 0. The van der Waals surface area contributed by atoms with Crippen LogP contribution in [0.5, 0.6) is 0 Å². The number of hydrogen-bond acceptors (Lipinski definition) is 2. The molecular weight excluding hydrogens is 308 g/mol. The maximum Gasteiger partial charge on any atom is 0.309 e. The third kappa shape index (κ3) is 3.80. The number of halogens is 1. The van der Waals surface area contributed by atoms with E-state index in [1.807, 2.05) is 19.1 Å². The molecule has 19 heavy (non-hydrogen) atoms. The summed E-state index contributed by atoms with van der Waals surface area (Å²) in [7, 11) is 0. The van der Waals surface area contributed by atoms with Crippen LogP contribution in [0, 0.1) is 5.92 Å². The number of carbonyl (C=O) groups is 1. The van der Waals surface area contributed by atoms with Crippen molar-refractivity contribution in [2.45, 2.75) is 25.7 Å². The molecule has 2 rings (SSSR count). The van der Waals surface area contributed by atoms with Crippen LogP contribution in [0.2, 0.25) is 0 Å². The molecule has 1 N–H and O–H groups in total. The largest absolute Gasteiger partial charge is 0.466 e. The summed E-state index contributed by atoms with van der Waals surface area (Å²) in [5.41, 5.74) is 1.21. The summed E-state index contributed by atoms with van der Waals surface area (Å²) in [6.45, 7) is 3.89. The van der Waals surface area contributed by atoms with Crippen molar-refractivity contribution in [1.82, 2.24) is 0 Å². The molecular formula is C15H20BrO3+. The Hall–Kier alpha value is -0.870. The zero-order valence-electron chi connectivity index (χ0n) is 11.1. The first-order valence-corrected chi connectivity index (χ1v) is 7.57. The molecule has 1 aliphatic rings. The Labute approximate surface area is 122 Å². The van der Waals surface area contributed by atoms with Gasteiger partial charge in [0.15, 0.2) is 0 Å². The van der Waals surface area contributed by atoms with Crippen molar-refractivity contribution in [2.75, 3.05) is 19.8 Å². The monoisotopic (exact) mass is 327 g/mol. The fourth-order valence-electron chi connectivity index (χ4n) is 2.62. The van der Waals surface area contributed by atoms with Crippen LogP contribution in [-0.2, 0) is 9.53 Å². The van der Waals surface area contributed by atoms with Crippen molar-refractivity contribution in [3.63, 3.8) is 0 Å². The quantitative estimate of drug-likeness (QED) is 0.632. The molecule has 0 aliphatic carbocycles. The van der Waals surface area contributed by atoms with Gasteiger partial charge in [0.05, 0.1) is 12.5 Å². The van der Waals surface area contributed by atoms with E-state index in [0.717, 1.165) is 30.5 Å². The van der Waals surface area contributed by atoms with E-state index in [9.17, 15) is 4.79 Å². The smallest absolute Gasteiger partial charge is 0.309 e. The highest BCUT2D eigenvalue weighted by molar-refractivity contribution is 9.10. The Morgan fingerprint density at radius 2 is 2.00 bits per heavy atom. The maximum atomic E-state index is 12.1. The minimum Gasteiger partial charge on any atom is -0.466 e. The van der Waals surface area contributed by atoms with E-state index in [0.29, 0.717) is 6.61 Å². The van der Waals surface area contributed by atoms with Crippen molar-refractivity contribution in [1.29, 1.82) is 0 Å². The first kappa shape index (κ1) is 14.5. The first-order chi connectivity index (χ1) is 9.22. The lowest BCUT2D eigenvalue weighted by atomic mass is 9.82. The van der Waals surface area contributed by atoms with E-state index in [2.05, 4.69) is 32.8 Å². The Bertz CT molecular complexity index is 416. The molecule has 2 atom stereocenters. The molecule has 1 saturated heterocycles. The number of esters is 1. The third-order valence-corrected chi connectivity index (χ3v) is 4.10. The van der Waals surface area contributed by atoms with Crippen molar-refractivity contribution in [2.24, 2.45) is 5.92 Å². The van der Waals surface area contributed by atoms with Crippen molar-refractivity contribution < 1.29 is 14.3 Å². The first-order valence-electron chi connectivity index (χ1n) is 6.77. The number of ether oxygens (including phenoxy) is 2. The van der Waals surface area contributed by atoms with Gasteiger partial charge in [0.1, 0.15) is 13.2 Å². The molecule has 1 heterocycles. The Morgan fingerprint density at radius 3 is 2.68 bits per heavy atom. The van der Waals surface area contributed by atoms with E-state index < -0.39 is 0 Å². The van der Waals surface area contributed by atoms with Crippen LogP contribution in [0.4, 0.5) is 0 Å². The van der Waals surface area contributed by atoms with Gasteiger partial charge in [-0.3, -0.25) is 4.79 Å². The average Bonchev–Trinajstić information content (AvgIpc) is 2.65. The standard InChI is InChI=1S/C15H19BrO3/c1-2-19-15(17)14-8-10-18-9-7-13(14)11-3-5-12(16)6-4-11/h3-6,13-14H,2,7-10H2,1H3/p+1. The van der Waals surface area contributed by atoms with Gasteiger partial charge in [-0.2, -0.15) is 0 Å². The number of benzene rings is 1. The van der Waals surface area contributed by atoms with Gasteiger partial charge in [-0.15, -0.1) is 0 Å². The molecule has 0 bridgehead atoms. The molecule has 0 amide bonds. The normalized spacial score (nSPS) is 23.7. The fourth-order valence-corrected chi connectivity index (χ4v) is 2.88. The second-order valence-corrected chi connectivity index (χ2v) is 5.68. The van der Waals surface area contributed by atoms with Crippen LogP contribution in [0.25, 0.3) is 0 Å². The van der Waals surface area contributed by atoms with Gasteiger partial charge in [-0.25, -0.2) is 0 Å². The van der Waals surface area contributed by atoms with Gasteiger partial charge in [0, 0.05) is 23.2 Å².